The number of phenolic OH excluding ortho intramolecular Hbond substituents is 2. The Morgan fingerprint density at radius 3 is 2.17 bits per heavy atom. The fourth-order valence-electron chi connectivity index (χ4n) is 0.656. The van der Waals surface area contributed by atoms with Gasteiger partial charge in [-0.3, -0.25) is 0 Å². The smallest absolute Gasteiger partial charge is 0.335 e. The first kappa shape index (κ1) is 11.0. The summed E-state index contributed by atoms with van der Waals surface area (Å²) in [5.41, 5.74) is -0.0553. The standard InChI is InChI=1S/C7H6O4.Ag/c8-5-2-1-4(7(10)11)3-6(5)9;/h1-3,8-9H,(H,10,11);. The number of benzene rings is 1. The predicted octanol–water partition coefficient (Wildman–Crippen LogP) is 0.793. The average molecular weight is 262 g/mol. The summed E-state index contributed by atoms with van der Waals surface area (Å²) in [6.07, 6.45) is 0. The Bertz CT molecular complexity index is 297. The molecule has 0 aliphatic carbocycles. The second kappa shape index (κ2) is 4.16. The van der Waals surface area contributed by atoms with Crippen LogP contribution in [-0.4, -0.2) is 21.3 Å². The summed E-state index contributed by atoms with van der Waals surface area (Å²) in [5, 5.41) is 26.0. The number of hydrogen-bond donors (Lipinski definition) is 3. The van der Waals surface area contributed by atoms with Gasteiger partial charge in [-0.1, -0.05) is 0 Å². The molecular weight excluding hydrogens is 256 g/mol. The Morgan fingerprint density at radius 1 is 1.17 bits per heavy atom. The van der Waals surface area contributed by atoms with Crippen LogP contribution in [0.3, 0.4) is 0 Å². The molecule has 1 aromatic carbocycles. The van der Waals surface area contributed by atoms with E-state index in [2.05, 4.69) is 0 Å². The van der Waals surface area contributed by atoms with Gasteiger partial charge in [0.15, 0.2) is 11.5 Å². The van der Waals surface area contributed by atoms with Crippen molar-refractivity contribution in [2.24, 2.45) is 0 Å². The van der Waals surface area contributed by atoms with Crippen molar-refractivity contribution in [3.8, 4) is 11.5 Å². The Balaban J connectivity index is 0.00000121. The van der Waals surface area contributed by atoms with Crippen molar-refractivity contribution in [3.63, 3.8) is 0 Å². The summed E-state index contributed by atoms with van der Waals surface area (Å²) in [7, 11) is 0. The van der Waals surface area contributed by atoms with Gasteiger partial charge in [-0.05, 0) is 18.2 Å². The van der Waals surface area contributed by atoms with E-state index in [0.717, 1.165) is 12.1 Å². The van der Waals surface area contributed by atoms with Crippen molar-refractivity contribution in [2.45, 2.75) is 0 Å². The predicted molar refractivity (Wildman–Crippen MR) is 36.7 cm³/mol. The number of carbonyl (C=O) groups is 1. The van der Waals surface area contributed by atoms with Crippen LogP contribution in [0.5, 0.6) is 11.5 Å². The maximum Gasteiger partial charge on any atom is 0.335 e. The molecule has 4 nitrogen and oxygen atoms in total. The van der Waals surface area contributed by atoms with Crippen molar-refractivity contribution >= 4 is 5.97 Å². The van der Waals surface area contributed by atoms with E-state index in [0.29, 0.717) is 0 Å². The Kier molecular flexibility index (Phi) is 3.82. The van der Waals surface area contributed by atoms with Gasteiger partial charge in [0.25, 0.3) is 0 Å². The molecule has 0 aromatic heterocycles. The normalized spacial score (nSPS) is 8.67. The van der Waals surface area contributed by atoms with Crippen LogP contribution in [0, 0.1) is 0 Å². The average Bonchev–Trinajstić information content (AvgIpc) is 1.94. The number of hydrogen-bond acceptors (Lipinski definition) is 3. The first-order chi connectivity index (χ1) is 5.11. The number of rotatable bonds is 1. The van der Waals surface area contributed by atoms with E-state index in [1.165, 1.54) is 6.07 Å². The molecular formula is C7H6AgO4. The van der Waals surface area contributed by atoms with Crippen molar-refractivity contribution in [2.75, 3.05) is 0 Å². The zero-order valence-corrected chi connectivity index (χ0v) is 7.27. The quantitative estimate of drug-likeness (QED) is 0.516. The summed E-state index contributed by atoms with van der Waals surface area (Å²) in [4.78, 5) is 10.3. The summed E-state index contributed by atoms with van der Waals surface area (Å²) in [6.45, 7) is 0. The van der Waals surface area contributed by atoms with Gasteiger partial charge in [0.2, 0.25) is 0 Å². The molecule has 0 atom stereocenters. The third-order valence-electron chi connectivity index (χ3n) is 1.22. The SMILES string of the molecule is O=C(O)c1ccc(O)c(O)c1.[Ag]. The number of carboxylic acids is 1. The first-order valence-corrected chi connectivity index (χ1v) is 2.86. The molecule has 5 heteroatoms. The zero-order chi connectivity index (χ0) is 8.43. The van der Waals surface area contributed by atoms with Gasteiger partial charge >= 0.3 is 5.97 Å². The molecule has 12 heavy (non-hydrogen) atoms. The van der Waals surface area contributed by atoms with Crippen molar-refractivity contribution in [1.29, 1.82) is 0 Å². The van der Waals surface area contributed by atoms with Crippen LogP contribution >= 0.6 is 0 Å². The van der Waals surface area contributed by atoms with Gasteiger partial charge in [0.1, 0.15) is 0 Å². The molecule has 3 N–H and O–H groups in total. The maximum absolute atomic E-state index is 10.3. The van der Waals surface area contributed by atoms with Crippen LogP contribution in [0.2, 0.25) is 0 Å². The fourth-order valence-corrected chi connectivity index (χ4v) is 0.656. The molecule has 0 heterocycles. The van der Waals surface area contributed by atoms with Crippen LogP contribution in [0.25, 0.3) is 0 Å². The van der Waals surface area contributed by atoms with Crippen LogP contribution in [-0.2, 0) is 22.4 Å². The minimum atomic E-state index is -1.14. The fraction of sp³-hybridized carbons (Fsp3) is 0. The van der Waals surface area contributed by atoms with Crippen molar-refractivity contribution in [3.05, 3.63) is 23.8 Å². The maximum atomic E-state index is 10.3. The molecule has 0 unspecified atom stereocenters. The molecule has 1 rings (SSSR count). The van der Waals surface area contributed by atoms with E-state index in [1.807, 2.05) is 0 Å². The van der Waals surface area contributed by atoms with E-state index in [1.54, 1.807) is 0 Å². The number of carboxylic acid groups (broad SMARTS) is 1. The number of aromatic carboxylic acids is 1. The van der Waals surface area contributed by atoms with Crippen molar-refractivity contribution in [1.82, 2.24) is 0 Å². The van der Waals surface area contributed by atoms with E-state index in [9.17, 15) is 4.79 Å². The summed E-state index contributed by atoms with van der Waals surface area (Å²) >= 11 is 0. The van der Waals surface area contributed by atoms with Gasteiger partial charge in [-0.15, -0.1) is 0 Å². The molecule has 0 aliphatic rings. The van der Waals surface area contributed by atoms with Gasteiger partial charge in [0.05, 0.1) is 5.56 Å². The summed E-state index contributed by atoms with van der Waals surface area (Å²) in [5.74, 6) is -1.89. The summed E-state index contributed by atoms with van der Waals surface area (Å²) < 4.78 is 0. The third-order valence-corrected chi connectivity index (χ3v) is 1.22. The topological polar surface area (TPSA) is 77.8 Å². The second-order valence-corrected chi connectivity index (χ2v) is 2.01. The zero-order valence-electron chi connectivity index (χ0n) is 5.78. The van der Waals surface area contributed by atoms with E-state index in [-0.39, 0.29) is 33.7 Å². The first-order valence-electron chi connectivity index (χ1n) is 2.86. The molecule has 0 aliphatic heterocycles. The number of aromatic hydroxyl groups is 2. The molecule has 0 saturated heterocycles. The van der Waals surface area contributed by atoms with E-state index >= 15 is 0 Å². The Morgan fingerprint density at radius 2 is 1.75 bits per heavy atom. The molecule has 0 fully saturated rings. The van der Waals surface area contributed by atoms with Gasteiger partial charge in [0, 0.05) is 22.4 Å². The van der Waals surface area contributed by atoms with Crippen LogP contribution in [0.4, 0.5) is 0 Å². The van der Waals surface area contributed by atoms with E-state index in [4.69, 9.17) is 15.3 Å². The molecule has 1 radical (unpaired) electrons. The molecule has 0 spiro atoms. The van der Waals surface area contributed by atoms with Crippen LogP contribution < -0.4 is 0 Å². The molecule has 69 valence electrons. The second-order valence-electron chi connectivity index (χ2n) is 2.01. The Labute approximate surface area is 84.0 Å². The monoisotopic (exact) mass is 261 g/mol. The molecule has 0 bridgehead atoms. The van der Waals surface area contributed by atoms with E-state index < -0.39 is 11.7 Å². The summed E-state index contributed by atoms with van der Waals surface area (Å²) in [6, 6.07) is 3.31. The van der Waals surface area contributed by atoms with Gasteiger partial charge < -0.3 is 15.3 Å². The molecule has 1 aromatic rings. The molecule has 0 saturated carbocycles. The van der Waals surface area contributed by atoms with Gasteiger partial charge in [-0.2, -0.15) is 0 Å². The van der Waals surface area contributed by atoms with Crippen LogP contribution in [0.15, 0.2) is 18.2 Å². The van der Waals surface area contributed by atoms with Crippen LogP contribution in [0.1, 0.15) is 10.4 Å². The minimum absolute atomic E-state index is 0. The third kappa shape index (κ3) is 2.27. The molecule has 0 amide bonds. The minimum Gasteiger partial charge on any atom is -0.504 e. The van der Waals surface area contributed by atoms with Gasteiger partial charge in [-0.25, -0.2) is 4.79 Å². The number of phenols is 2. The Hall–Kier alpha value is -0.970. The largest absolute Gasteiger partial charge is 0.504 e. The van der Waals surface area contributed by atoms with Crippen molar-refractivity contribution < 1.29 is 42.5 Å².